The van der Waals surface area contributed by atoms with Crippen LogP contribution in [0.2, 0.25) is 0 Å². The number of hydrogen-bond donors (Lipinski definition) is 0. The van der Waals surface area contributed by atoms with Crippen molar-refractivity contribution in [1.29, 1.82) is 0 Å². The highest BCUT2D eigenvalue weighted by Gasteiger charge is 2.16. The van der Waals surface area contributed by atoms with Gasteiger partial charge < -0.3 is 8.83 Å². The molecule has 0 saturated carbocycles. The fraction of sp³-hybridized carbons (Fsp3) is 0.250. The van der Waals surface area contributed by atoms with E-state index in [0.717, 1.165) is 27.7 Å². The largest absolute Gasteiger partial charge is 0.431 e. The number of thioether (sulfide) groups is 1. The van der Waals surface area contributed by atoms with Gasteiger partial charge in [-0.05, 0) is 40.8 Å². The van der Waals surface area contributed by atoms with Crippen molar-refractivity contribution in [3.05, 3.63) is 82.0 Å². The molecular weight excluding hydrogens is 424 g/mol. The number of nitrogens with zero attached hydrogens (tertiary/aromatic N) is 4. The third kappa shape index (κ3) is 4.18. The third-order valence-corrected chi connectivity index (χ3v) is 6.09. The van der Waals surface area contributed by atoms with E-state index >= 15 is 0 Å². The van der Waals surface area contributed by atoms with Crippen LogP contribution in [0.5, 0.6) is 0 Å². The SMILES string of the molecule is CC(C)(C)c1ccc2oc(=O)cc(Cn3cc(CSc4nc5ccccc5o4)nn3)c2c1. The van der Waals surface area contributed by atoms with Gasteiger partial charge in [0.25, 0.3) is 5.22 Å². The molecule has 0 radical (unpaired) electrons. The molecule has 3 heterocycles. The van der Waals surface area contributed by atoms with Gasteiger partial charge in [-0.1, -0.05) is 55.9 Å². The molecule has 0 amide bonds. The summed E-state index contributed by atoms with van der Waals surface area (Å²) in [6, 6.07) is 15.2. The standard InChI is InChI=1S/C24H22N4O3S/c1-24(2,3)16-8-9-20-18(11-16)15(10-22(29)30-20)12-28-13-17(26-27-28)14-32-23-25-19-6-4-5-7-21(19)31-23/h4-11,13H,12,14H2,1-3H3. The molecule has 8 heteroatoms. The smallest absolute Gasteiger partial charge is 0.336 e. The lowest BCUT2D eigenvalue weighted by Crippen LogP contribution is -2.12. The Bertz CT molecular complexity index is 1440. The van der Waals surface area contributed by atoms with Gasteiger partial charge in [0.15, 0.2) is 5.58 Å². The number of rotatable bonds is 5. The summed E-state index contributed by atoms with van der Waals surface area (Å²) in [7, 11) is 0. The first kappa shape index (κ1) is 20.5. The van der Waals surface area contributed by atoms with Crippen LogP contribution >= 0.6 is 11.8 Å². The second-order valence-electron chi connectivity index (χ2n) is 8.70. The molecule has 0 fully saturated rings. The average molecular weight is 447 g/mol. The lowest BCUT2D eigenvalue weighted by Gasteiger charge is -2.19. The Kier molecular flexibility index (Phi) is 5.09. The molecule has 0 N–H and O–H groups in total. The molecule has 0 atom stereocenters. The molecule has 0 aliphatic carbocycles. The zero-order chi connectivity index (χ0) is 22.3. The van der Waals surface area contributed by atoms with Gasteiger partial charge >= 0.3 is 5.63 Å². The number of oxazole rings is 1. The van der Waals surface area contributed by atoms with Crippen LogP contribution in [0.1, 0.15) is 37.6 Å². The number of benzene rings is 2. The minimum absolute atomic E-state index is 0.00999. The second kappa shape index (κ2) is 7.94. The molecule has 5 aromatic rings. The highest BCUT2D eigenvalue weighted by atomic mass is 32.2. The molecule has 32 heavy (non-hydrogen) atoms. The first-order chi connectivity index (χ1) is 15.3. The molecular formula is C24H22N4O3S. The van der Waals surface area contributed by atoms with E-state index in [9.17, 15) is 4.79 Å². The third-order valence-electron chi connectivity index (χ3n) is 5.23. The summed E-state index contributed by atoms with van der Waals surface area (Å²) in [6.07, 6.45) is 1.88. The van der Waals surface area contributed by atoms with Crippen molar-refractivity contribution >= 4 is 33.8 Å². The molecule has 7 nitrogen and oxygen atoms in total. The van der Waals surface area contributed by atoms with Gasteiger partial charge in [0.1, 0.15) is 11.1 Å². The van der Waals surface area contributed by atoms with Crippen LogP contribution in [0.3, 0.4) is 0 Å². The topological polar surface area (TPSA) is 87.0 Å². The van der Waals surface area contributed by atoms with Crippen molar-refractivity contribution < 1.29 is 8.83 Å². The van der Waals surface area contributed by atoms with Crippen LogP contribution in [0, 0.1) is 0 Å². The van der Waals surface area contributed by atoms with Crippen molar-refractivity contribution in [3.63, 3.8) is 0 Å². The molecule has 0 saturated heterocycles. The fourth-order valence-electron chi connectivity index (χ4n) is 3.53. The Balaban J connectivity index is 1.37. The van der Waals surface area contributed by atoms with Gasteiger partial charge in [-0.2, -0.15) is 0 Å². The summed E-state index contributed by atoms with van der Waals surface area (Å²) < 4.78 is 12.9. The van der Waals surface area contributed by atoms with Crippen LogP contribution in [0.15, 0.2) is 73.6 Å². The zero-order valence-electron chi connectivity index (χ0n) is 18.0. The predicted octanol–water partition coefficient (Wildman–Crippen LogP) is 5.16. The summed E-state index contributed by atoms with van der Waals surface area (Å²) in [5, 5.41) is 10.0. The second-order valence-corrected chi connectivity index (χ2v) is 9.62. The van der Waals surface area contributed by atoms with E-state index in [1.807, 2.05) is 42.6 Å². The van der Waals surface area contributed by atoms with Crippen molar-refractivity contribution in [2.75, 3.05) is 0 Å². The Labute approximate surface area is 188 Å². The number of aromatic nitrogens is 4. The highest BCUT2D eigenvalue weighted by molar-refractivity contribution is 7.98. The van der Waals surface area contributed by atoms with Crippen LogP contribution in [0.4, 0.5) is 0 Å². The molecule has 162 valence electrons. The summed E-state index contributed by atoms with van der Waals surface area (Å²) in [4.78, 5) is 16.6. The molecule has 0 aliphatic rings. The van der Waals surface area contributed by atoms with E-state index in [1.165, 1.54) is 23.4 Å². The molecule has 5 rings (SSSR count). The highest BCUT2D eigenvalue weighted by Crippen LogP contribution is 2.28. The van der Waals surface area contributed by atoms with Crippen molar-refractivity contribution in [2.24, 2.45) is 0 Å². The fourth-order valence-corrected chi connectivity index (χ4v) is 4.25. The van der Waals surface area contributed by atoms with E-state index in [-0.39, 0.29) is 11.0 Å². The average Bonchev–Trinajstić information content (AvgIpc) is 3.37. The van der Waals surface area contributed by atoms with Gasteiger partial charge in [0, 0.05) is 23.4 Å². The minimum atomic E-state index is -0.372. The predicted molar refractivity (Wildman–Crippen MR) is 124 cm³/mol. The number of para-hydroxylation sites is 2. The van der Waals surface area contributed by atoms with Crippen LogP contribution < -0.4 is 5.63 Å². The first-order valence-electron chi connectivity index (χ1n) is 10.3. The van der Waals surface area contributed by atoms with Crippen molar-refractivity contribution in [2.45, 2.75) is 43.7 Å². The lowest BCUT2D eigenvalue weighted by atomic mass is 9.86. The van der Waals surface area contributed by atoms with Crippen LogP contribution in [-0.2, 0) is 17.7 Å². The summed E-state index contributed by atoms with van der Waals surface area (Å²) in [5.74, 6) is 0.582. The van der Waals surface area contributed by atoms with Crippen LogP contribution in [0.25, 0.3) is 22.1 Å². The monoisotopic (exact) mass is 446 g/mol. The van der Waals surface area contributed by atoms with Gasteiger partial charge in [0.2, 0.25) is 0 Å². The molecule has 0 bridgehead atoms. The van der Waals surface area contributed by atoms with Gasteiger partial charge in [-0.15, -0.1) is 5.10 Å². The Hall–Kier alpha value is -3.39. The van der Waals surface area contributed by atoms with Gasteiger partial charge in [-0.3, -0.25) is 0 Å². The van der Waals surface area contributed by atoms with E-state index in [0.29, 0.717) is 23.1 Å². The molecule has 0 spiro atoms. The van der Waals surface area contributed by atoms with Crippen molar-refractivity contribution in [1.82, 2.24) is 20.0 Å². The van der Waals surface area contributed by atoms with Gasteiger partial charge in [0.05, 0.1) is 12.2 Å². The van der Waals surface area contributed by atoms with Crippen molar-refractivity contribution in [3.8, 4) is 0 Å². The zero-order valence-corrected chi connectivity index (χ0v) is 18.8. The quantitative estimate of drug-likeness (QED) is 0.272. The van der Waals surface area contributed by atoms with E-state index in [1.54, 1.807) is 4.68 Å². The number of hydrogen-bond acceptors (Lipinski definition) is 7. The van der Waals surface area contributed by atoms with Crippen LogP contribution in [-0.4, -0.2) is 20.0 Å². The maximum atomic E-state index is 12.1. The Morgan fingerprint density at radius 3 is 2.69 bits per heavy atom. The first-order valence-corrected chi connectivity index (χ1v) is 11.3. The van der Waals surface area contributed by atoms with Gasteiger partial charge in [-0.25, -0.2) is 14.5 Å². The molecule has 0 aliphatic heterocycles. The summed E-state index contributed by atoms with van der Waals surface area (Å²) in [5.41, 5.74) is 4.63. The maximum absolute atomic E-state index is 12.1. The number of fused-ring (bicyclic) bond motifs is 2. The normalized spacial score (nSPS) is 12.1. The summed E-state index contributed by atoms with van der Waals surface area (Å²) >= 11 is 1.47. The maximum Gasteiger partial charge on any atom is 0.336 e. The lowest BCUT2D eigenvalue weighted by molar-refractivity contribution is 0.489. The minimum Gasteiger partial charge on any atom is -0.431 e. The Morgan fingerprint density at radius 1 is 1.03 bits per heavy atom. The van der Waals surface area contributed by atoms with E-state index in [4.69, 9.17) is 8.83 Å². The summed E-state index contributed by atoms with van der Waals surface area (Å²) in [6.45, 7) is 6.90. The molecule has 2 aromatic carbocycles. The molecule has 3 aromatic heterocycles. The van der Waals surface area contributed by atoms with E-state index in [2.05, 4.69) is 42.1 Å². The van der Waals surface area contributed by atoms with E-state index < -0.39 is 0 Å². The molecule has 0 unspecified atom stereocenters. The Morgan fingerprint density at radius 2 is 1.88 bits per heavy atom.